The Balaban J connectivity index is 2.88. The Labute approximate surface area is 76.6 Å². The number of benzene rings is 1. The summed E-state index contributed by atoms with van der Waals surface area (Å²) in [5.74, 6) is -0.503. The van der Waals surface area contributed by atoms with Crippen molar-refractivity contribution in [3.8, 4) is 0 Å². The molecule has 0 fully saturated rings. The molecule has 0 heterocycles. The molecule has 70 valence electrons. The van der Waals surface area contributed by atoms with Gasteiger partial charge in [0.15, 0.2) is 9.84 Å². The van der Waals surface area contributed by atoms with Crippen LogP contribution >= 0.6 is 0 Å². The smallest absolute Gasteiger partial charge is 0.175 e. The van der Waals surface area contributed by atoms with Gasteiger partial charge in [0, 0.05) is 5.41 Å². The molecule has 0 spiro atoms. The molecule has 0 aliphatic heterocycles. The molecular weight excluding hydrogens is 191 g/mol. The topological polar surface area (TPSA) is 34.1 Å². The molecule has 0 saturated carbocycles. The molecule has 0 aliphatic carbocycles. The summed E-state index contributed by atoms with van der Waals surface area (Å²) >= 11 is 0. The molecule has 0 amide bonds. The minimum absolute atomic E-state index is 0.128. The molecule has 0 saturated heterocycles. The van der Waals surface area contributed by atoms with Crippen LogP contribution in [0.2, 0.25) is 0 Å². The van der Waals surface area contributed by atoms with Crippen molar-refractivity contribution in [3.05, 3.63) is 47.6 Å². The lowest BCUT2D eigenvalue weighted by molar-refractivity contribution is 0.603. The van der Waals surface area contributed by atoms with Gasteiger partial charge in [-0.15, -0.1) is 0 Å². The number of sulfone groups is 1. The third-order valence-corrected chi connectivity index (χ3v) is 2.78. The number of halogens is 1. The summed E-state index contributed by atoms with van der Waals surface area (Å²) in [4.78, 5) is 0. The molecule has 0 atom stereocenters. The predicted octanol–water partition coefficient (Wildman–Crippen LogP) is 1.88. The van der Waals surface area contributed by atoms with Gasteiger partial charge in [0.05, 0.1) is 5.75 Å². The van der Waals surface area contributed by atoms with Crippen molar-refractivity contribution in [2.24, 2.45) is 0 Å². The number of hydrogen-bond donors (Lipinski definition) is 0. The van der Waals surface area contributed by atoms with E-state index in [1.807, 2.05) is 0 Å². The third-order valence-electron chi connectivity index (χ3n) is 1.54. The summed E-state index contributed by atoms with van der Waals surface area (Å²) < 4.78 is 34.5. The summed E-state index contributed by atoms with van der Waals surface area (Å²) in [5, 5.41) is 0.899. The number of rotatable bonds is 3. The first kappa shape index (κ1) is 9.92. The van der Waals surface area contributed by atoms with Gasteiger partial charge in [0.25, 0.3) is 0 Å². The van der Waals surface area contributed by atoms with Crippen LogP contribution in [0.25, 0.3) is 0 Å². The third kappa shape index (κ3) is 2.99. The average Bonchev–Trinajstić information content (AvgIpc) is 2.09. The van der Waals surface area contributed by atoms with Crippen molar-refractivity contribution in [2.75, 3.05) is 0 Å². The summed E-state index contributed by atoms with van der Waals surface area (Å²) in [6, 6.07) is 5.34. The molecule has 4 heteroatoms. The molecular formula is C9H9FO2S. The Morgan fingerprint density at radius 2 is 1.85 bits per heavy atom. The van der Waals surface area contributed by atoms with Gasteiger partial charge >= 0.3 is 0 Å². The minimum atomic E-state index is -3.24. The first-order chi connectivity index (χ1) is 6.03. The lowest BCUT2D eigenvalue weighted by Gasteiger charge is -1.98. The number of hydrogen-bond acceptors (Lipinski definition) is 2. The van der Waals surface area contributed by atoms with Crippen molar-refractivity contribution in [1.82, 2.24) is 0 Å². The highest BCUT2D eigenvalue weighted by molar-refractivity contribution is 7.93. The van der Waals surface area contributed by atoms with Gasteiger partial charge in [-0.2, -0.15) is 0 Å². The molecule has 1 aromatic rings. The van der Waals surface area contributed by atoms with Crippen molar-refractivity contribution in [3.63, 3.8) is 0 Å². The molecule has 0 aliphatic rings. The summed E-state index contributed by atoms with van der Waals surface area (Å²) in [6.45, 7) is 3.18. The van der Waals surface area contributed by atoms with Crippen molar-refractivity contribution in [2.45, 2.75) is 5.75 Å². The Kier molecular flexibility index (Phi) is 2.83. The molecule has 0 bridgehead atoms. The average molecular weight is 200 g/mol. The molecule has 1 aromatic carbocycles. The predicted molar refractivity (Wildman–Crippen MR) is 49.2 cm³/mol. The molecule has 13 heavy (non-hydrogen) atoms. The Morgan fingerprint density at radius 3 is 2.31 bits per heavy atom. The fourth-order valence-electron chi connectivity index (χ4n) is 0.872. The van der Waals surface area contributed by atoms with Gasteiger partial charge in [-0.3, -0.25) is 0 Å². The highest BCUT2D eigenvalue weighted by Gasteiger charge is 2.05. The van der Waals surface area contributed by atoms with E-state index in [2.05, 4.69) is 6.58 Å². The minimum Gasteiger partial charge on any atom is -0.224 e. The monoisotopic (exact) mass is 200 g/mol. The van der Waals surface area contributed by atoms with Crippen molar-refractivity contribution in [1.29, 1.82) is 0 Å². The van der Waals surface area contributed by atoms with E-state index in [0.717, 1.165) is 5.41 Å². The highest BCUT2D eigenvalue weighted by atomic mass is 32.2. The quantitative estimate of drug-likeness (QED) is 0.746. The molecule has 0 unspecified atom stereocenters. The van der Waals surface area contributed by atoms with Crippen LogP contribution in [0.15, 0.2) is 36.3 Å². The summed E-state index contributed by atoms with van der Waals surface area (Å²) in [5.41, 5.74) is 0.557. The maximum absolute atomic E-state index is 12.4. The van der Waals surface area contributed by atoms with Gasteiger partial charge in [-0.05, 0) is 17.7 Å². The zero-order chi connectivity index (χ0) is 9.90. The van der Waals surface area contributed by atoms with Crippen LogP contribution in [-0.2, 0) is 15.6 Å². The van der Waals surface area contributed by atoms with Crippen LogP contribution in [0.3, 0.4) is 0 Å². The standard InChI is InChI=1S/C9H9FO2S/c1-2-13(11,12)7-8-3-5-9(10)6-4-8/h2-6H,1,7H2. The second-order valence-corrected chi connectivity index (χ2v) is 4.55. The van der Waals surface area contributed by atoms with Crippen LogP contribution in [0.1, 0.15) is 5.56 Å². The Bertz CT molecular complexity index is 392. The lowest BCUT2D eigenvalue weighted by Crippen LogP contribution is -1.99. The fraction of sp³-hybridized carbons (Fsp3) is 0.111. The van der Waals surface area contributed by atoms with E-state index in [0.29, 0.717) is 5.56 Å². The molecule has 0 radical (unpaired) electrons. The van der Waals surface area contributed by atoms with Gasteiger partial charge in [0.2, 0.25) is 0 Å². The SMILES string of the molecule is C=CS(=O)(=O)Cc1ccc(F)cc1. The van der Waals surface area contributed by atoms with E-state index in [1.54, 1.807) is 0 Å². The van der Waals surface area contributed by atoms with Gasteiger partial charge in [-0.25, -0.2) is 12.8 Å². The van der Waals surface area contributed by atoms with Crippen LogP contribution in [0, 0.1) is 5.82 Å². The Hall–Kier alpha value is -1.16. The van der Waals surface area contributed by atoms with Crippen LogP contribution in [0.5, 0.6) is 0 Å². The van der Waals surface area contributed by atoms with Gasteiger partial charge < -0.3 is 0 Å². The normalized spacial score (nSPS) is 11.2. The zero-order valence-electron chi connectivity index (χ0n) is 6.90. The van der Waals surface area contributed by atoms with Crippen molar-refractivity contribution >= 4 is 9.84 Å². The van der Waals surface area contributed by atoms with E-state index in [-0.39, 0.29) is 11.6 Å². The molecule has 2 nitrogen and oxygen atoms in total. The highest BCUT2D eigenvalue weighted by Crippen LogP contribution is 2.08. The van der Waals surface area contributed by atoms with E-state index in [1.165, 1.54) is 24.3 Å². The first-order valence-corrected chi connectivity index (χ1v) is 5.35. The zero-order valence-corrected chi connectivity index (χ0v) is 7.72. The van der Waals surface area contributed by atoms with E-state index >= 15 is 0 Å². The van der Waals surface area contributed by atoms with Gasteiger partial charge in [-0.1, -0.05) is 18.7 Å². The first-order valence-electron chi connectivity index (χ1n) is 3.63. The second-order valence-electron chi connectivity index (χ2n) is 2.60. The summed E-state index contributed by atoms with van der Waals surface area (Å²) in [6.07, 6.45) is 0. The molecule has 1 rings (SSSR count). The van der Waals surface area contributed by atoms with Crippen molar-refractivity contribution < 1.29 is 12.8 Å². The maximum atomic E-state index is 12.4. The van der Waals surface area contributed by atoms with Crippen LogP contribution in [-0.4, -0.2) is 8.42 Å². The van der Waals surface area contributed by atoms with E-state index in [4.69, 9.17) is 0 Å². The second kappa shape index (κ2) is 3.70. The molecule has 0 aromatic heterocycles. The van der Waals surface area contributed by atoms with E-state index < -0.39 is 9.84 Å². The summed E-state index contributed by atoms with van der Waals surface area (Å²) in [7, 11) is -3.24. The largest absolute Gasteiger partial charge is 0.224 e. The maximum Gasteiger partial charge on any atom is 0.175 e. The van der Waals surface area contributed by atoms with Crippen LogP contribution in [0.4, 0.5) is 4.39 Å². The van der Waals surface area contributed by atoms with Gasteiger partial charge in [0.1, 0.15) is 5.82 Å². The Morgan fingerprint density at radius 1 is 1.31 bits per heavy atom. The fourth-order valence-corrected chi connectivity index (χ4v) is 1.65. The lowest BCUT2D eigenvalue weighted by atomic mass is 10.2. The van der Waals surface area contributed by atoms with E-state index in [9.17, 15) is 12.8 Å². The molecule has 0 N–H and O–H groups in total. The van der Waals surface area contributed by atoms with Crippen LogP contribution < -0.4 is 0 Å².